The van der Waals surface area contributed by atoms with Crippen LogP contribution in [0.3, 0.4) is 0 Å². The van der Waals surface area contributed by atoms with Gasteiger partial charge in [-0.05, 0) is 44.8 Å². The summed E-state index contributed by atoms with van der Waals surface area (Å²) in [5.41, 5.74) is 1.31. The molecule has 0 spiro atoms. The highest BCUT2D eigenvalue weighted by atomic mass is 16.3. The van der Waals surface area contributed by atoms with Gasteiger partial charge in [0.25, 0.3) is 0 Å². The van der Waals surface area contributed by atoms with Gasteiger partial charge in [-0.3, -0.25) is 4.90 Å². The monoisotopic (exact) mass is 278 g/mol. The first-order valence-corrected chi connectivity index (χ1v) is 8.14. The van der Waals surface area contributed by atoms with E-state index in [9.17, 15) is 0 Å². The molecular weight excluding hydrogens is 248 g/mol. The third kappa shape index (κ3) is 4.35. The van der Waals surface area contributed by atoms with Gasteiger partial charge < -0.3 is 9.73 Å². The fourth-order valence-corrected chi connectivity index (χ4v) is 3.12. The molecule has 0 aromatic carbocycles. The average molecular weight is 278 g/mol. The van der Waals surface area contributed by atoms with Gasteiger partial charge in [-0.25, -0.2) is 0 Å². The zero-order chi connectivity index (χ0) is 14.4. The molecule has 0 saturated heterocycles. The highest BCUT2D eigenvalue weighted by Crippen LogP contribution is 2.26. The molecule has 1 aromatic rings. The molecule has 3 nitrogen and oxygen atoms in total. The summed E-state index contributed by atoms with van der Waals surface area (Å²) >= 11 is 0. The Labute approximate surface area is 123 Å². The van der Waals surface area contributed by atoms with Crippen LogP contribution in [0.2, 0.25) is 0 Å². The molecule has 20 heavy (non-hydrogen) atoms. The topological polar surface area (TPSA) is 28.4 Å². The van der Waals surface area contributed by atoms with E-state index in [-0.39, 0.29) is 0 Å². The molecule has 0 aliphatic heterocycles. The molecule has 1 saturated carbocycles. The van der Waals surface area contributed by atoms with Crippen molar-refractivity contribution in [2.45, 2.75) is 65.1 Å². The Balaban J connectivity index is 1.99. The largest absolute Gasteiger partial charge is 0.468 e. The smallest absolute Gasteiger partial charge is 0.122 e. The predicted molar refractivity (Wildman–Crippen MR) is 83.6 cm³/mol. The van der Waals surface area contributed by atoms with E-state index in [2.05, 4.69) is 30.1 Å². The summed E-state index contributed by atoms with van der Waals surface area (Å²) in [6.45, 7) is 7.69. The lowest BCUT2D eigenvalue weighted by Gasteiger charge is -2.29. The molecule has 0 unspecified atom stereocenters. The van der Waals surface area contributed by atoms with Crippen LogP contribution in [0.5, 0.6) is 0 Å². The fraction of sp³-hybridized carbons (Fsp3) is 0.765. The maximum atomic E-state index is 5.73. The normalized spacial score (nSPS) is 16.6. The molecule has 1 aromatic heterocycles. The molecule has 0 atom stereocenters. The number of hydrogen-bond donors (Lipinski definition) is 1. The van der Waals surface area contributed by atoms with Crippen LogP contribution < -0.4 is 5.32 Å². The minimum Gasteiger partial charge on any atom is -0.468 e. The first-order chi connectivity index (χ1) is 9.70. The molecule has 1 aliphatic carbocycles. The van der Waals surface area contributed by atoms with Gasteiger partial charge in [0.15, 0.2) is 0 Å². The van der Waals surface area contributed by atoms with Crippen LogP contribution >= 0.6 is 0 Å². The first kappa shape index (κ1) is 15.6. The maximum absolute atomic E-state index is 5.73. The number of nitrogens with zero attached hydrogens (tertiary/aromatic N) is 1. The number of furan rings is 1. The van der Waals surface area contributed by atoms with Gasteiger partial charge in [0.05, 0.1) is 12.8 Å². The molecule has 1 aliphatic rings. The highest BCUT2D eigenvalue weighted by Gasteiger charge is 2.24. The van der Waals surface area contributed by atoms with E-state index in [1.165, 1.54) is 44.2 Å². The van der Waals surface area contributed by atoms with Crippen molar-refractivity contribution >= 4 is 0 Å². The Morgan fingerprint density at radius 3 is 2.75 bits per heavy atom. The van der Waals surface area contributed by atoms with Crippen LogP contribution in [0.25, 0.3) is 0 Å². The molecule has 0 radical (unpaired) electrons. The Hall–Kier alpha value is -0.800. The summed E-state index contributed by atoms with van der Waals surface area (Å²) in [6.07, 6.45) is 8.62. The molecule has 1 fully saturated rings. The Morgan fingerprint density at radius 1 is 1.35 bits per heavy atom. The number of hydrogen-bond acceptors (Lipinski definition) is 3. The van der Waals surface area contributed by atoms with E-state index in [1.807, 2.05) is 13.3 Å². The van der Waals surface area contributed by atoms with Crippen molar-refractivity contribution in [1.29, 1.82) is 0 Å². The molecule has 3 heteroatoms. The zero-order valence-corrected chi connectivity index (χ0v) is 13.3. The van der Waals surface area contributed by atoms with Gasteiger partial charge in [-0.1, -0.05) is 26.7 Å². The second-order valence-electron chi connectivity index (χ2n) is 6.49. The van der Waals surface area contributed by atoms with Gasteiger partial charge in [0, 0.05) is 18.2 Å². The van der Waals surface area contributed by atoms with Crippen molar-refractivity contribution in [1.82, 2.24) is 10.2 Å². The summed E-state index contributed by atoms with van der Waals surface area (Å²) in [4.78, 5) is 2.66. The van der Waals surface area contributed by atoms with E-state index in [4.69, 9.17) is 4.42 Å². The zero-order valence-electron chi connectivity index (χ0n) is 13.3. The summed E-state index contributed by atoms with van der Waals surface area (Å²) in [7, 11) is 1.99. The van der Waals surface area contributed by atoms with Gasteiger partial charge >= 0.3 is 0 Å². The van der Waals surface area contributed by atoms with Crippen molar-refractivity contribution in [2.24, 2.45) is 5.92 Å². The molecule has 0 bridgehead atoms. The molecule has 2 rings (SSSR count). The maximum Gasteiger partial charge on any atom is 0.122 e. The van der Waals surface area contributed by atoms with E-state index in [0.717, 1.165) is 30.8 Å². The molecular formula is C17H30N2O. The second kappa shape index (κ2) is 7.84. The Bertz CT molecular complexity index is 380. The number of rotatable bonds is 8. The third-order valence-corrected chi connectivity index (χ3v) is 4.39. The standard InChI is InChI=1S/C17H30N2O/c1-14(2)8-10-19(16-6-4-5-7-16)13-17-15(12-18-3)9-11-20-17/h9,11,14,16,18H,4-8,10,12-13H2,1-3H3. The number of nitrogens with one attached hydrogen (secondary N) is 1. The lowest BCUT2D eigenvalue weighted by Crippen LogP contribution is -2.34. The molecule has 1 heterocycles. The van der Waals surface area contributed by atoms with Crippen LogP contribution in [0.15, 0.2) is 16.7 Å². The highest BCUT2D eigenvalue weighted by molar-refractivity contribution is 5.16. The van der Waals surface area contributed by atoms with Crippen molar-refractivity contribution in [3.8, 4) is 0 Å². The average Bonchev–Trinajstić information content (AvgIpc) is 3.06. The minimum atomic E-state index is 0.765. The summed E-state index contributed by atoms with van der Waals surface area (Å²) in [5.74, 6) is 1.92. The molecule has 114 valence electrons. The molecule has 1 N–H and O–H groups in total. The van der Waals surface area contributed by atoms with Crippen LogP contribution in [0.4, 0.5) is 0 Å². The van der Waals surface area contributed by atoms with Gasteiger partial charge in [0.1, 0.15) is 5.76 Å². The van der Waals surface area contributed by atoms with Crippen molar-refractivity contribution < 1.29 is 4.42 Å². The summed E-state index contributed by atoms with van der Waals surface area (Å²) < 4.78 is 5.73. The lowest BCUT2D eigenvalue weighted by atomic mass is 10.1. The van der Waals surface area contributed by atoms with Crippen molar-refractivity contribution in [2.75, 3.05) is 13.6 Å². The van der Waals surface area contributed by atoms with Gasteiger partial charge in [-0.2, -0.15) is 0 Å². The van der Waals surface area contributed by atoms with E-state index in [0.29, 0.717) is 0 Å². The molecule has 0 amide bonds. The van der Waals surface area contributed by atoms with Crippen LogP contribution in [-0.4, -0.2) is 24.5 Å². The van der Waals surface area contributed by atoms with E-state index in [1.54, 1.807) is 0 Å². The van der Waals surface area contributed by atoms with Crippen LogP contribution in [-0.2, 0) is 13.1 Å². The lowest BCUT2D eigenvalue weighted by molar-refractivity contribution is 0.166. The Kier molecular flexibility index (Phi) is 6.11. The van der Waals surface area contributed by atoms with Crippen molar-refractivity contribution in [3.05, 3.63) is 23.7 Å². The van der Waals surface area contributed by atoms with Crippen LogP contribution in [0.1, 0.15) is 57.3 Å². The quantitative estimate of drug-likeness (QED) is 0.784. The SMILES string of the molecule is CNCc1ccoc1CN(CCC(C)C)C1CCCC1. The predicted octanol–water partition coefficient (Wildman–Crippen LogP) is 3.79. The van der Waals surface area contributed by atoms with Crippen LogP contribution in [0, 0.1) is 5.92 Å². The minimum absolute atomic E-state index is 0.765. The fourth-order valence-electron chi connectivity index (χ4n) is 3.12. The first-order valence-electron chi connectivity index (χ1n) is 8.14. The summed E-state index contributed by atoms with van der Waals surface area (Å²) in [6, 6.07) is 2.86. The Morgan fingerprint density at radius 2 is 2.10 bits per heavy atom. The third-order valence-electron chi connectivity index (χ3n) is 4.39. The van der Waals surface area contributed by atoms with E-state index < -0.39 is 0 Å². The van der Waals surface area contributed by atoms with Gasteiger partial charge in [0.2, 0.25) is 0 Å². The van der Waals surface area contributed by atoms with Gasteiger partial charge in [-0.15, -0.1) is 0 Å². The van der Waals surface area contributed by atoms with E-state index >= 15 is 0 Å². The summed E-state index contributed by atoms with van der Waals surface area (Å²) in [5, 5.41) is 3.23. The van der Waals surface area contributed by atoms with Crippen molar-refractivity contribution in [3.63, 3.8) is 0 Å². The second-order valence-corrected chi connectivity index (χ2v) is 6.49.